The summed E-state index contributed by atoms with van der Waals surface area (Å²) in [5.74, 6) is 0. The van der Waals surface area contributed by atoms with Crippen LogP contribution in [-0.4, -0.2) is 15.0 Å². The third-order valence-electron chi connectivity index (χ3n) is 4.27. The Morgan fingerprint density at radius 3 is 2.95 bits per heavy atom. The molecule has 0 saturated carbocycles. The van der Waals surface area contributed by atoms with E-state index in [1.54, 1.807) is 11.3 Å². The van der Waals surface area contributed by atoms with E-state index in [0.29, 0.717) is 0 Å². The fraction of sp³-hybridized carbons (Fsp3) is 0.333. The van der Waals surface area contributed by atoms with Gasteiger partial charge in [0.2, 0.25) is 0 Å². The van der Waals surface area contributed by atoms with Crippen LogP contribution in [0.15, 0.2) is 29.9 Å². The topological polar surface area (TPSA) is 41.6 Å². The molecule has 0 atom stereocenters. The molecule has 1 aliphatic rings. The predicted molar refractivity (Wildman–Crippen MR) is 92.3 cm³/mol. The molecule has 4 rings (SSSR count). The first-order valence-corrected chi connectivity index (χ1v) is 8.50. The summed E-state index contributed by atoms with van der Waals surface area (Å²) in [5.41, 5.74) is 8.34. The summed E-state index contributed by atoms with van der Waals surface area (Å²) in [4.78, 5) is 13.9. The van der Waals surface area contributed by atoms with E-state index in [4.69, 9.17) is 0 Å². The van der Waals surface area contributed by atoms with E-state index in [1.165, 1.54) is 32.8 Å². The lowest BCUT2D eigenvalue weighted by molar-refractivity contribution is 0.569. The van der Waals surface area contributed by atoms with Crippen molar-refractivity contribution in [1.29, 1.82) is 0 Å². The fourth-order valence-corrected chi connectivity index (χ4v) is 4.10. The molecule has 0 aliphatic heterocycles. The third kappa shape index (κ3) is 2.10. The zero-order chi connectivity index (χ0) is 15.3. The van der Waals surface area contributed by atoms with Gasteiger partial charge in [0.15, 0.2) is 0 Å². The number of hydrogen-bond donors (Lipinski definition) is 1. The monoisotopic (exact) mass is 309 g/mol. The first-order chi connectivity index (χ1) is 10.5. The summed E-state index contributed by atoms with van der Waals surface area (Å²) in [7, 11) is 0. The fourth-order valence-electron chi connectivity index (χ4n) is 3.23. The highest BCUT2D eigenvalue weighted by molar-refractivity contribution is 7.11. The molecular weight excluding hydrogens is 290 g/mol. The number of rotatable bonds is 2. The van der Waals surface area contributed by atoms with Crippen molar-refractivity contribution in [2.75, 3.05) is 0 Å². The molecule has 3 nitrogen and oxygen atoms in total. The summed E-state index contributed by atoms with van der Waals surface area (Å²) in [6.07, 6.45) is 6.11. The van der Waals surface area contributed by atoms with Gasteiger partial charge in [0.05, 0.1) is 16.1 Å². The van der Waals surface area contributed by atoms with Crippen LogP contribution in [0.4, 0.5) is 0 Å². The van der Waals surface area contributed by atoms with E-state index in [9.17, 15) is 0 Å². The normalized spacial score (nSPS) is 14.4. The minimum atomic E-state index is 0.0751. The molecule has 0 spiro atoms. The molecule has 4 heteroatoms. The maximum atomic E-state index is 4.50. The lowest BCUT2D eigenvalue weighted by Crippen LogP contribution is -2.14. The van der Waals surface area contributed by atoms with Crippen LogP contribution < -0.4 is 0 Å². The zero-order valence-corrected chi connectivity index (χ0v) is 13.9. The zero-order valence-electron chi connectivity index (χ0n) is 13.1. The van der Waals surface area contributed by atoms with Gasteiger partial charge in [-0.25, -0.2) is 9.97 Å². The van der Waals surface area contributed by atoms with Crippen molar-refractivity contribution in [2.45, 2.75) is 39.0 Å². The summed E-state index contributed by atoms with van der Waals surface area (Å²) >= 11 is 1.76. The summed E-state index contributed by atoms with van der Waals surface area (Å²) < 4.78 is 0. The molecule has 0 amide bonds. The molecule has 3 aromatic rings. The molecule has 0 aromatic carbocycles. The number of pyridine rings is 1. The van der Waals surface area contributed by atoms with Crippen LogP contribution in [0.3, 0.4) is 0 Å². The van der Waals surface area contributed by atoms with E-state index in [0.717, 1.165) is 18.5 Å². The van der Waals surface area contributed by atoms with Gasteiger partial charge in [0.1, 0.15) is 5.65 Å². The largest absolute Gasteiger partial charge is 0.342 e. The lowest BCUT2D eigenvalue weighted by Gasteiger charge is -2.19. The van der Waals surface area contributed by atoms with Gasteiger partial charge in [-0.15, -0.1) is 11.3 Å². The molecule has 3 aromatic heterocycles. The van der Waals surface area contributed by atoms with Gasteiger partial charge in [-0.2, -0.15) is 0 Å². The molecule has 112 valence electrons. The maximum Gasteiger partial charge on any atom is 0.137 e. The average Bonchev–Trinajstić information content (AvgIpc) is 3.14. The highest BCUT2D eigenvalue weighted by Crippen LogP contribution is 2.37. The first kappa shape index (κ1) is 13.7. The Hall–Kier alpha value is -1.94. The number of hydrogen-bond acceptors (Lipinski definition) is 3. The van der Waals surface area contributed by atoms with Crippen LogP contribution in [0.25, 0.3) is 16.6 Å². The van der Waals surface area contributed by atoms with Crippen LogP contribution in [0.1, 0.15) is 42.6 Å². The number of thiazole rings is 1. The predicted octanol–water partition coefficient (Wildman–Crippen LogP) is 4.50. The Bertz CT molecular complexity index is 877. The SMILES string of the molecule is CC(C)(C)c1[nH]c2ncccc2c1CC1=CCc2ncsc21. The number of fused-ring (bicyclic) bond motifs is 2. The minimum absolute atomic E-state index is 0.0751. The van der Waals surface area contributed by atoms with E-state index in [1.807, 2.05) is 17.8 Å². The molecule has 1 N–H and O–H groups in total. The van der Waals surface area contributed by atoms with E-state index in [-0.39, 0.29) is 5.41 Å². The highest BCUT2D eigenvalue weighted by atomic mass is 32.1. The van der Waals surface area contributed by atoms with Gasteiger partial charge in [-0.1, -0.05) is 26.8 Å². The Kier molecular flexibility index (Phi) is 2.98. The van der Waals surface area contributed by atoms with Crippen molar-refractivity contribution in [3.8, 4) is 0 Å². The molecule has 0 bridgehead atoms. The summed E-state index contributed by atoms with van der Waals surface area (Å²) in [6, 6.07) is 4.19. The second-order valence-electron chi connectivity index (χ2n) is 6.87. The van der Waals surface area contributed by atoms with E-state index in [2.05, 4.69) is 47.9 Å². The Balaban J connectivity index is 1.84. The number of H-pyrrole nitrogens is 1. The molecule has 3 heterocycles. The van der Waals surface area contributed by atoms with Crippen molar-refractivity contribution in [3.05, 3.63) is 51.7 Å². The number of aromatic nitrogens is 3. The third-order valence-corrected chi connectivity index (χ3v) is 5.21. The lowest BCUT2D eigenvalue weighted by atomic mass is 9.87. The maximum absolute atomic E-state index is 4.50. The standard InChI is InChI=1S/C18H19N3S/c1-18(2,3)16-13(12-5-4-8-19-17(12)21-16)9-11-6-7-14-15(11)22-10-20-14/h4-6,8,10H,7,9H2,1-3H3,(H,19,21). The summed E-state index contributed by atoms with van der Waals surface area (Å²) in [5, 5.41) is 1.24. The van der Waals surface area contributed by atoms with Crippen LogP contribution in [0.2, 0.25) is 0 Å². The average molecular weight is 309 g/mol. The number of aromatic amines is 1. The van der Waals surface area contributed by atoms with Crippen molar-refractivity contribution in [2.24, 2.45) is 0 Å². The Morgan fingerprint density at radius 2 is 2.14 bits per heavy atom. The van der Waals surface area contributed by atoms with Crippen LogP contribution >= 0.6 is 11.3 Å². The van der Waals surface area contributed by atoms with Gasteiger partial charge < -0.3 is 4.98 Å². The highest BCUT2D eigenvalue weighted by Gasteiger charge is 2.25. The van der Waals surface area contributed by atoms with Gasteiger partial charge in [0, 0.05) is 35.5 Å². The molecule has 0 saturated heterocycles. The van der Waals surface area contributed by atoms with E-state index >= 15 is 0 Å². The molecule has 0 radical (unpaired) electrons. The van der Waals surface area contributed by atoms with Crippen LogP contribution in [0, 0.1) is 0 Å². The van der Waals surface area contributed by atoms with Crippen molar-refractivity contribution in [1.82, 2.24) is 15.0 Å². The van der Waals surface area contributed by atoms with Crippen molar-refractivity contribution in [3.63, 3.8) is 0 Å². The molecule has 22 heavy (non-hydrogen) atoms. The van der Waals surface area contributed by atoms with Gasteiger partial charge in [-0.3, -0.25) is 0 Å². The van der Waals surface area contributed by atoms with Gasteiger partial charge in [0.25, 0.3) is 0 Å². The summed E-state index contributed by atoms with van der Waals surface area (Å²) in [6.45, 7) is 6.76. The minimum Gasteiger partial charge on any atom is -0.342 e. The second-order valence-corrected chi connectivity index (χ2v) is 7.72. The first-order valence-electron chi connectivity index (χ1n) is 7.62. The smallest absolute Gasteiger partial charge is 0.137 e. The quantitative estimate of drug-likeness (QED) is 0.757. The Labute approximate surface area is 134 Å². The molecule has 1 aliphatic carbocycles. The second kappa shape index (κ2) is 4.78. The van der Waals surface area contributed by atoms with Crippen molar-refractivity contribution < 1.29 is 0 Å². The van der Waals surface area contributed by atoms with Gasteiger partial charge >= 0.3 is 0 Å². The molecule has 0 fully saturated rings. The van der Waals surface area contributed by atoms with Crippen LogP contribution in [0.5, 0.6) is 0 Å². The Morgan fingerprint density at radius 1 is 1.27 bits per heavy atom. The van der Waals surface area contributed by atoms with Crippen molar-refractivity contribution >= 4 is 27.9 Å². The van der Waals surface area contributed by atoms with E-state index < -0.39 is 0 Å². The molecule has 0 unspecified atom stereocenters. The van der Waals surface area contributed by atoms with Crippen LogP contribution in [-0.2, 0) is 18.3 Å². The number of nitrogens with zero attached hydrogens (tertiary/aromatic N) is 2. The van der Waals surface area contributed by atoms with Gasteiger partial charge in [-0.05, 0) is 23.3 Å². The number of allylic oxidation sites excluding steroid dienone is 2. The molecular formula is C18H19N3S. The number of nitrogens with one attached hydrogen (secondary N) is 1.